The van der Waals surface area contributed by atoms with Crippen LogP contribution in [0, 0.1) is 6.92 Å². The second kappa shape index (κ2) is 5.50. The molecule has 1 amide bonds. The molecule has 3 N–H and O–H groups in total. The van der Waals surface area contributed by atoms with Crippen LogP contribution in [0.2, 0.25) is 0 Å². The Morgan fingerprint density at radius 2 is 2.31 bits per heavy atom. The second-order valence-corrected chi connectivity index (χ2v) is 2.28. The Kier molecular flexibility index (Phi) is 5.01. The van der Waals surface area contributed by atoms with E-state index in [1.807, 2.05) is 0 Å². The summed E-state index contributed by atoms with van der Waals surface area (Å²) in [6, 6.07) is 0. The maximum atomic E-state index is 10.7. The van der Waals surface area contributed by atoms with Gasteiger partial charge in [-0.25, -0.2) is 4.63 Å². The molecule has 1 heterocycles. The minimum absolute atomic E-state index is 0. The number of aromatic nitrogens is 2. The average molecular weight is 207 g/mol. The molecule has 0 saturated carbocycles. The first-order valence-electron chi connectivity index (χ1n) is 3.49. The molecule has 0 unspecified atom stereocenters. The van der Waals surface area contributed by atoms with Crippen LogP contribution in [0.25, 0.3) is 0 Å². The molecule has 13 heavy (non-hydrogen) atoms. The van der Waals surface area contributed by atoms with Gasteiger partial charge in [-0.3, -0.25) is 4.79 Å². The predicted molar refractivity (Wildman–Crippen MR) is 47.2 cm³/mol. The molecule has 0 aliphatic heterocycles. The number of hydrogen-bond donors (Lipinski definition) is 2. The molecular formula is C6H11ClN4O2. The first-order valence-corrected chi connectivity index (χ1v) is 3.49. The highest BCUT2D eigenvalue weighted by atomic mass is 35.5. The number of nitrogens with one attached hydrogen (secondary N) is 1. The average Bonchev–Trinajstić information content (AvgIpc) is 2.47. The third-order valence-corrected chi connectivity index (χ3v) is 1.38. The van der Waals surface area contributed by atoms with Crippen molar-refractivity contribution in [3.8, 4) is 0 Å². The van der Waals surface area contributed by atoms with E-state index < -0.39 is 0 Å². The van der Waals surface area contributed by atoms with Crippen LogP contribution in [0.4, 0.5) is 0 Å². The highest BCUT2D eigenvalue weighted by molar-refractivity contribution is 5.85. The van der Waals surface area contributed by atoms with E-state index in [2.05, 4.69) is 20.3 Å². The van der Waals surface area contributed by atoms with Gasteiger partial charge in [-0.2, -0.15) is 0 Å². The van der Waals surface area contributed by atoms with Crippen molar-refractivity contribution < 1.29 is 9.42 Å². The topological polar surface area (TPSA) is 94.0 Å². The first-order chi connectivity index (χ1) is 5.74. The van der Waals surface area contributed by atoms with Gasteiger partial charge in [0.25, 0.3) is 0 Å². The number of amides is 1. The Morgan fingerprint density at radius 3 is 2.77 bits per heavy atom. The normalized spacial score (nSPS) is 9.08. The zero-order valence-corrected chi connectivity index (χ0v) is 7.93. The Labute approximate surface area is 81.2 Å². The lowest BCUT2D eigenvalue weighted by Crippen LogP contribution is -2.30. The van der Waals surface area contributed by atoms with Crippen molar-refractivity contribution in [2.45, 2.75) is 13.5 Å². The lowest BCUT2D eigenvalue weighted by Gasteiger charge is -1.98. The van der Waals surface area contributed by atoms with Gasteiger partial charge in [0.05, 0.1) is 13.1 Å². The maximum Gasteiger partial charge on any atom is 0.234 e. The molecule has 1 aromatic heterocycles. The second-order valence-electron chi connectivity index (χ2n) is 2.28. The molecule has 1 aromatic rings. The van der Waals surface area contributed by atoms with Crippen molar-refractivity contribution in [3.63, 3.8) is 0 Å². The summed E-state index contributed by atoms with van der Waals surface area (Å²) in [6.07, 6.45) is 0. The van der Waals surface area contributed by atoms with Gasteiger partial charge in [-0.15, -0.1) is 12.4 Å². The fourth-order valence-corrected chi connectivity index (χ4v) is 0.664. The zero-order valence-electron chi connectivity index (χ0n) is 7.11. The molecule has 0 fully saturated rings. The molecule has 0 saturated heterocycles. The Hall–Kier alpha value is -1.14. The van der Waals surface area contributed by atoms with E-state index in [-0.39, 0.29) is 24.9 Å². The minimum Gasteiger partial charge on any atom is -0.349 e. The zero-order chi connectivity index (χ0) is 8.97. The third-order valence-electron chi connectivity index (χ3n) is 1.38. The van der Waals surface area contributed by atoms with Gasteiger partial charge in [0.2, 0.25) is 5.91 Å². The van der Waals surface area contributed by atoms with Crippen LogP contribution < -0.4 is 11.1 Å². The summed E-state index contributed by atoms with van der Waals surface area (Å²) in [7, 11) is 0. The molecule has 0 aliphatic carbocycles. The molecule has 0 spiro atoms. The number of nitrogens with two attached hydrogens (primary N) is 1. The van der Waals surface area contributed by atoms with Gasteiger partial charge in [-0.05, 0) is 6.92 Å². The summed E-state index contributed by atoms with van der Waals surface area (Å²) in [5.74, 6) is -0.225. The molecule has 1 rings (SSSR count). The lowest BCUT2D eigenvalue weighted by atomic mass is 10.3. The molecule has 0 radical (unpaired) electrons. The monoisotopic (exact) mass is 206 g/mol. The number of rotatable bonds is 3. The SMILES string of the molecule is Cc1nonc1CNC(=O)CN.Cl. The van der Waals surface area contributed by atoms with Gasteiger partial charge in [0.1, 0.15) is 11.4 Å². The van der Waals surface area contributed by atoms with E-state index in [9.17, 15) is 4.79 Å². The van der Waals surface area contributed by atoms with Crippen LogP contribution in [0.15, 0.2) is 4.63 Å². The molecule has 74 valence electrons. The molecule has 0 aromatic carbocycles. The van der Waals surface area contributed by atoms with Gasteiger partial charge >= 0.3 is 0 Å². The fourth-order valence-electron chi connectivity index (χ4n) is 0.664. The van der Waals surface area contributed by atoms with Crippen molar-refractivity contribution in [3.05, 3.63) is 11.4 Å². The van der Waals surface area contributed by atoms with Crippen molar-refractivity contribution in [1.82, 2.24) is 15.6 Å². The summed E-state index contributed by atoms with van der Waals surface area (Å²) in [5, 5.41) is 9.68. The van der Waals surface area contributed by atoms with Crippen LogP contribution >= 0.6 is 12.4 Å². The van der Waals surface area contributed by atoms with Gasteiger partial charge in [0.15, 0.2) is 0 Å². The largest absolute Gasteiger partial charge is 0.349 e. The number of aryl methyl sites for hydroxylation is 1. The summed E-state index contributed by atoms with van der Waals surface area (Å²) in [5.41, 5.74) is 6.37. The van der Waals surface area contributed by atoms with Gasteiger partial charge in [-0.1, -0.05) is 10.3 Å². The molecule has 6 nitrogen and oxygen atoms in total. The smallest absolute Gasteiger partial charge is 0.234 e. The minimum atomic E-state index is -0.225. The summed E-state index contributed by atoms with van der Waals surface area (Å²) in [4.78, 5) is 10.7. The van der Waals surface area contributed by atoms with Crippen molar-refractivity contribution in [2.75, 3.05) is 6.54 Å². The van der Waals surface area contributed by atoms with Crippen LogP contribution in [0.1, 0.15) is 11.4 Å². The molecule has 0 bridgehead atoms. The van der Waals surface area contributed by atoms with Crippen LogP contribution in [0.5, 0.6) is 0 Å². The van der Waals surface area contributed by atoms with E-state index >= 15 is 0 Å². The Bertz CT molecular complexity index is 275. The predicted octanol–water partition coefficient (Wildman–Crippen LogP) is -0.625. The fraction of sp³-hybridized carbons (Fsp3) is 0.500. The number of halogens is 1. The van der Waals surface area contributed by atoms with E-state index in [0.29, 0.717) is 17.9 Å². The van der Waals surface area contributed by atoms with Gasteiger partial charge < -0.3 is 11.1 Å². The van der Waals surface area contributed by atoms with E-state index in [1.54, 1.807) is 6.92 Å². The quantitative estimate of drug-likeness (QED) is 0.687. The van der Waals surface area contributed by atoms with Crippen molar-refractivity contribution >= 4 is 18.3 Å². The van der Waals surface area contributed by atoms with Gasteiger partial charge in [0, 0.05) is 0 Å². The highest BCUT2D eigenvalue weighted by Crippen LogP contribution is 1.98. The molecular weight excluding hydrogens is 196 g/mol. The van der Waals surface area contributed by atoms with E-state index in [0.717, 1.165) is 0 Å². The number of hydrogen-bond acceptors (Lipinski definition) is 5. The van der Waals surface area contributed by atoms with Crippen molar-refractivity contribution in [2.24, 2.45) is 5.73 Å². The van der Waals surface area contributed by atoms with E-state index in [4.69, 9.17) is 5.73 Å². The Balaban J connectivity index is 0.00000144. The van der Waals surface area contributed by atoms with Crippen LogP contribution in [0.3, 0.4) is 0 Å². The standard InChI is InChI=1S/C6H10N4O2.ClH/c1-4-5(10-12-9-4)3-8-6(11)2-7;/h2-3,7H2,1H3,(H,8,11);1H. The molecule has 0 aliphatic rings. The summed E-state index contributed by atoms with van der Waals surface area (Å²) in [6.45, 7) is 2.04. The van der Waals surface area contributed by atoms with E-state index in [1.165, 1.54) is 0 Å². The third kappa shape index (κ3) is 3.39. The number of nitrogens with zero attached hydrogens (tertiary/aromatic N) is 2. The van der Waals surface area contributed by atoms with Crippen LogP contribution in [-0.4, -0.2) is 22.8 Å². The Morgan fingerprint density at radius 1 is 1.62 bits per heavy atom. The maximum absolute atomic E-state index is 10.7. The molecule has 7 heteroatoms. The first kappa shape index (κ1) is 11.9. The highest BCUT2D eigenvalue weighted by Gasteiger charge is 2.05. The summed E-state index contributed by atoms with van der Waals surface area (Å²) < 4.78 is 4.43. The lowest BCUT2D eigenvalue weighted by molar-refractivity contribution is -0.119. The number of carbonyl (C=O) groups excluding carboxylic acids is 1. The van der Waals surface area contributed by atoms with Crippen LogP contribution in [-0.2, 0) is 11.3 Å². The summed E-state index contributed by atoms with van der Waals surface area (Å²) >= 11 is 0. The van der Waals surface area contributed by atoms with Crippen molar-refractivity contribution in [1.29, 1.82) is 0 Å². The number of carbonyl (C=O) groups is 1. The molecule has 0 atom stereocenters.